The maximum atomic E-state index is 12.2. The standard InChI is InChI=1S/C16H10N4OS2/c21-14-9-12(6-5-11-3-1-7-17-10-11)18-16-20(14)19-15(23-16)13-4-2-8-22-13/h1-10H/b6-5+. The topological polar surface area (TPSA) is 60.2 Å². The van der Waals surface area contributed by atoms with Gasteiger partial charge in [0.05, 0.1) is 10.6 Å². The van der Waals surface area contributed by atoms with Crippen molar-refractivity contribution >= 4 is 39.8 Å². The molecule has 0 aliphatic carbocycles. The number of hydrogen-bond donors (Lipinski definition) is 0. The quantitative estimate of drug-likeness (QED) is 0.574. The van der Waals surface area contributed by atoms with Gasteiger partial charge in [-0.2, -0.15) is 9.61 Å². The molecular weight excluding hydrogens is 328 g/mol. The molecule has 0 saturated carbocycles. The van der Waals surface area contributed by atoms with Crippen LogP contribution in [0.25, 0.3) is 27.0 Å². The van der Waals surface area contributed by atoms with Crippen LogP contribution >= 0.6 is 22.7 Å². The molecular formula is C16H10N4OS2. The Morgan fingerprint density at radius 1 is 1.17 bits per heavy atom. The summed E-state index contributed by atoms with van der Waals surface area (Å²) >= 11 is 3.00. The van der Waals surface area contributed by atoms with Gasteiger partial charge in [0.1, 0.15) is 0 Å². The van der Waals surface area contributed by atoms with Gasteiger partial charge < -0.3 is 0 Å². The molecule has 23 heavy (non-hydrogen) atoms. The number of thiophene rings is 1. The molecule has 0 atom stereocenters. The third kappa shape index (κ3) is 2.84. The van der Waals surface area contributed by atoms with Gasteiger partial charge >= 0.3 is 0 Å². The molecule has 0 amide bonds. The maximum Gasteiger partial charge on any atom is 0.275 e. The van der Waals surface area contributed by atoms with Crippen LogP contribution in [0.15, 0.2) is 52.9 Å². The molecule has 4 aromatic heterocycles. The van der Waals surface area contributed by atoms with Gasteiger partial charge in [0.2, 0.25) is 4.96 Å². The minimum atomic E-state index is -0.181. The second-order valence-corrected chi connectivity index (χ2v) is 6.62. The van der Waals surface area contributed by atoms with E-state index in [0.717, 1.165) is 15.4 Å². The van der Waals surface area contributed by atoms with Crippen molar-refractivity contribution < 1.29 is 0 Å². The SMILES string of the molecule is O=c1cc(/C=C/c2cccnc2)nc2sc(-c3cccs3)nn12. The molecule has 0 aliphatic rings. The van der Waals surface area contributed by atoms with E-state index in [9.17, 15) is 4.79 Å². The smallest absolute Gasteiger partial charge is 0.267 e. The zero-order valence-corrected chi connectivity index (χ0v) is 13.4. The van der Waals surface area contributed by atoms with Crippen LogP contribution in [0.5, 0.6) is 0 Å². The summed E-state index contributed by atoms with van der Waals surface area (Å²) in [6, 6.07) is 9.23. The van der Waals surface area contributed by atoms with Crippen LogP contribution in [0.3, 0.4) is 0 Å². The fourth-order valence-electron chi connectivity index (χ4n) is 2.07. The molecule has 0 aliphatic heterocycles. The second kappa shape index (κ2) is 5.86. The van der Waals surface area contributed by atoms with E-state index in [0.29, 0.717) is 10.7 Å². The number of rotatable bonds is 3. The molecule has 4 aromatic rings. The lowest BCUT2D eigenvalue weighted by Gasteiger charge is -1.94. The molecule has 0 fully saturated rings. The van der Waals surface area contributed by atoms with E-state index < -0.39 is 0 Å². The lowest BCUT2D eigenvalue weighted by Crippen LogP contribution is -2.14. The van der Waals surface area contributed by atoms with Crippen LogP contribution in [0.4, 0.5) is 0 Å². The average Bonchev–Trinajstić information content (AvgIpc) is 3.23. The molecule has 7 heteroatoms. The highest BCUT2D eigenvalue weighted by Crippen LogP contribution is 2.28. The van der Waals surface area contributed by atoms with Crippen LogP contribution in [-0.2, 0) is 0 Å². The van der Waals surface area contributed by atoms with Crippen LogP contribution in [0.1, 0.15) is 11.3 Å². The van der Waals surface area contributed by atoms with Crippen molar-refractivity contribution in [2.24, 2.45) is 0 Å². The average molecular weight is 338 g/mol. The number of aromatic nitrogens is 4. The van der Waals surface area contributed by atoms with Gasteiger partial charge in [-0.1, -0.05) is 29.5 Å². The fourth-order valence-corrected chi connectivity index (χ4v) is 3.77. The number of hydrogen-bond acceptors (Lipinski definition) is 6. The molecule has 4 rings (SSSR count). The van der Waals surface area contributed by atoms with Crippen molar-refractivity contribution in [2.45, 2.75) is 0 Å². The van der Waals surface area contributed by atoms with Crippen molar-refractivity contribution in [2.75, 3.05) is 0 Å². The molecule has 0 bridgehead atoms. The van der Waals surface area contributed by atoms with Crippen LogP contribution in [-0.4, -0.2) is 19.6 Å². The molecule has 5 nitrogen and oxygen atoms in total. The van der Waals surface area contributed by atoms with Crippen molar-refractivity contribution in [1.82, 2.24) is 19.6 Å². The lowest BCUT2D eigenvalue weighted by molar-refractivity contribution is 0.902. The molecule has 0 N–H and O–H groups in total. The number of pyridine rings is 1. The Bertz CT molecular complexity index is 1030. The lowest BCUT2D eigenvalue weighted by atomic mass is 10.2. The van der Waals surface area contributed by atoms with Crippen molar-refractivity contribution in [1.29, 1.82) is 0 Å². The van der Waals surface area contributed by atoms with E-state index in [2.05, 4.69) is 15.1 Å². The monoisotopic (exact) mass is 338 g/mol. The first kappa shape index (κ1) is 14.0. The van der Waals surface area contributed by atoms with E-state index in [1.54, 1.807) is 23.7 Å². The molecule has 0 radical (unpaired) electrons. The summed E-state index contributed by atoms with van der Waals surface area (Å²) in [7, 11) is 0. The van der Waals surface area contributed by atoms with E-state index in [-0.39, 0.29) is 5.56 Å². The minimum Gasteiger partial charge on any atom is -0.267 e. The first-order valence-electron chi connectivity index (χ1n) is 6.82. The van der Waals surface area contributed by atoms with Gasteiger partial charge in [-0.3, -0.25) is 9.78 Å². The first-order valence-corrected chi connectivity index (χ1v) is 8.52. The molecule has 4 heterocycles. The van der Waals surface area contributed by atoms with Crippen molar-refractivity contribution in [3.8, 4) is 9.88 Å². The van der Waals surface area contributed by atoms with Crippen LogP contribution in [0.2, 0.25) is 0 Å². The van der Waals surface area contributed by atoms with Gasteiger partial charge in [0.25, 0.3) is 5.56 Å². The van der Waals surface area contributed by atoms with Crippen LogP contribution in [0, 0.1) is 0 Å². The third-order valence-corrected chi connectivity index (χ3v) is 5.08. The molecule has 0 saturated heterocycles. The van der Waals surface area contributed by atoms with Gasteiger partial charge in [0, 0.05) is 18.5 Å². The maximum absolute atomic E-state index is 12.2. The Kier molecular flexibility index (Phi) is 3.57. The van der Waals surface area contributed by atoms with E-state index in [1.807, 2.05) is 41.8 Å². The predicted molar refractivity (Wildman–Crippen MR) is 93.6 cm³/mol. The highest BCUT2D eigenvalue weighted by Gasteiger charge is 2.10. The van der Waals surface area contributed by atoms with Gasteiger partial charge in [-0.05, 0) is 29.2 Å². The summed E-state index contributed by atoms with van der Waals surface area (Å²) in [4.78, 5) is 22.4. The first-order chi connectivity index (χ1) is 11.3. The summed E-state index contributed by atoms with van der Waals surface area (Å²) in [5, 5.41) is 7.14. The Balaban J connectivity index is 1.75. The molecule has 0 spiro atoms. The highest BCUT2D eigenvalue weighted by molar-refractivity contribution is 7.23. The largest absolute Gasteiger partial charge is 0.275 e. The molecule has 112 valence electrons. The zero-order valence-electron chi connectivity index (χ0n) is 11.8. The summed E-state index contributed by atoms with van der Waals surface area (Å²) in [5.41, 5.74) is 1.39. The normalized spacial score (nSPS) is 11.5. The van der Waals surface area contributed by atoms with Gasteiger partial charge in [0.15, 0.2) is 5.01 Å². The van der Waals surface area contributed by atoms with Crippen molar-refractivity contribution in [3.05, 3.63) is 69.7 Å². The summed E-state index contributed by atoms with van der Waals surface area (Å²) in [5.74, 6) is 0. The minimum absolute atomic E-state index is 0.181. The Morgan fingerprint density at radius 2 is 2.13 bits per heavy atom. The summed E-state index contributed by atoms with van der Waals surface area (Å²) < 4.78 is 1.35. The Hall–Kier alpha value is -2.64. The van der Waals surface area contributed by atoms with E-state index in [1.165, 1.54) is 21.9 Å². The summed E-state index contributed by atoms with van der Waals surface area (Å²) in [6.45, 7) is 0. The van der Waals surface area contributed by atoms with E-state index in [4.69, 9.17) is 0 Å². The number of fused-ring (bicyclic) bond motifs is 1. The predicted octanol–water partition coefficient (Wildman–Crippen LogP) is 3.44. The van der Waals surface area contributed by atoms with Crippen LogP contribution < -0.4 is 5.56 Å². The Morgan fingerprint density at radius 3 is 2.91 bits per heavy atom. The molecule has 0 aromatic carbocycles. The van der Waals surface area contributed by atoms with Gasteiger partial charge in [-0.25, -0.2) is 4.98 Å². The number of nitrogens with zero attached hydrogens (tertiary/aromatic N) is 4. The van der Waals surface area contributed by atoms with Gasteiger partial charge in [-0.15, -0.1) is 11.3 Å². The third-order valence-electron chi connectivity index (χ3n) is 3.13. The molecule has 0 unspecified atom stereocenters. The fraction of sp³-hybridized carbons (Fsp3) is 0. The summed E-state index contributed by atoms with van der Waals surface area (Å²) in [6.07, 6.45) is 7.16. The van der Waals surface area contributed by atoms with Crippen molar-refractivity contribution in [3.63, 3.8) is 0 Å². The Labute approximate surface area is 139 Å². The second-order valence-electron chi connectivity index (χ2n) is 4.72. The zero-order chi connectivity index (χ0) is 15.6. The highest BCUT2D eigenvalue weighted by atomic mass is 32.1. The van der Waals surface area contributed by atoms with E-state index >= 15 is 0 Å².